The van der Waals surface area contributed by atoms with Crippen molar-refractivity contribution in [1.29, 1.82) is 0 Å². The molecule has 2 rings (SSSR count). The summed E-state index contributed by atoms with van der Waals surface area (Å²) in [5.74, 6) is 1.67. The number of aliphatic hydroxyl groups is 1. The number of aromatic nitrogens is 4. The molecule has 0 aromatic carbocycles. The standard InChI is InChI=1S/C14H19N5O2S/c1-22-8-5-11(20)14(21)16-7-4-12-17-13(19-18-12)10-3-2-6-15-9-10/h2-3,6,9,11,20H,4-5,7-8H2,1H3,(H,16,21)(H,17,18,19)/t11-/m0/s1. The van der Waals surface area contributed by atoms with Crippen molar-refractivity contribution in [2.24, 2.45) is 0 Å². The summed E-state index contributed by atoms with van der Waals surface area (Å²) in [6, 6.07) is 3.70. The van der Waals surface area contributed by atoms with Gasteiger partial charge in [-0.05, 0) is 30.6 Å². The molecular formula is C14H19N5O2S. The van der Waals surface area contributed by atoms with Crippen LogP contribution in [0.2, 0.25) is 0 Å². The van der Waals surface area contributed by atoms with Crippen molar-refractivity contribution < 1.29 is 9.90 Å². The molecule has 22 heavy (non-hydrogen) atoms. The molecule has 0 fully saturated rings. The topological polar surface area (TPSA) is 104 Å². The number of rotatable bonds is 8. The second kappa shape index (κ2) is 8.50. The van der Waals surface area contributed by atoms with Crippen molar-refractivity contribution in [3.05, 3.63) is 30.4 Å². The van der Waals surface area contributed by atoms with E-state index in [1.54, 1.807) is 24.2 Å². The third-order valence-corrected chi connectivity index (χ3v) is 3.65. The molecule has 3 N–H and O–H groups in total. The van der Waals surface area contributed by atoms with Gasteiger partial charge in [0.05, 0.1) is 0 Å². The van der Waals surface area contributed by atoms with E-state index in [9.17, 15) is 9.90 Å². The maximum absolute atomic E-state index is 11.6. The van der Waals surface area contributed by atoms with Gasteiger partial charge < -0.3 is 10.4 Å². The second-order valence-corrected chi connectivity index (χ2v) is 5.67. The van der Waals surface area contributed by atoms with Gasteiger partial charge in [-0.2, -0.15) is 16.9 Å². The summed E-state index contributed by atoms with van der Waals surface area (Å²) in [6.07, 6.45) is 5.35. The summed E-state index contributed by atoms with van der Waals surface area (Å²) in [5.41, 5.74) is 0.835. The van der Waals surface area contributed by atoms with Crippen molar-refractivity contribution in [1.82, 2.24) is 25.5 Å². The normalized spacial score (nSPS) is 12.1. The number of hydrogen-bond acceptors (Lipinski definition) is 6. The van der Waals surface area contributed by atoms with E-state index in [1.165, 1.54) is 0 Å². The highest BCUT2D eigenvalue weighted by Gasteiger charge is 2.14. The van der Waals surface area contributed by atoms with Crippen molar-refractivity contribution in [2.45, 2.75) is 18.9 Å². The molecule has 0 radical (unpaired) electrons. The molecule has 0 spiro atoms. The third-order valence-electron chi connectivity index (χ3n) is 3.01. The lowest BCUT2D eigenvalue weighted by molar-refractivity contribution is -0.129. The second-order valence-electron chi connectivity index (χ2n) is 4.69. The van der Waals surface area contributed by atoms with Gasteiger partial charge in [-0.15, -0.1) is 0 Å². The zero-order valence-electron chi connectivity index (χ0n) is 12.3. The Kier molecular flexibility index (Phi) is 6.35. The fourth-order valence-corrected chi connectivity index (χ4v) is 2.27. The predicted molar refractivity (Wildman–Crippen MR) is 85.3 cm³/mol. The quantitative estimate of drug-likeness (QED) is 0.659. The Morgan fingerprint density at radius 3 is 3.14 bits per heavy atom. The molecule has 0 aliphatic carbocycles. The number of amides is 1. The van der Waals surface area contributed by atoms with Gasteiger partial charge in [0, 0.05) is 30.9 Å². The Balaban J connectivity index is 1.78. The molecule has 2 heterocycles. The number of hydrogen-bond donors (Lipinski definition) is 3. The van der Waals surface area contributed by atoms with Gasteiger partial charge in [-0.3, -0.25) is 14.9 Å². The molecule has 118 valence electrons. The molecule has 8 heteroatoms. The largest absolute Gasteiger partial charge is 0.383 e. The molecule has 2 aromatic rings. The third kappa shape index (κ3) is 4.81. The zero-order valence-corrected chi connectivity index (χ0v) is 13.1. The minimum Gasteiger partial charge on any atom is -0.383 e. The minimum absolute atomic E-state index is 0.346. The van der Waals surface area contributed by atoms with Gasteiger partial charge in [0.15, 0.2) is 5.82 Å². The Labute approximate surface area is 133 Å². The summed E-state index contributed by atoms with van der Waals surface area (Å²) in [4.78, 5) is 20.0. The first kappa shape index (κ1) is 16.4. The van der Waals surface area contributed by atoms with Crippen LogP contribution >= 0.6 is 11.8 Å². The van der Waals surface area contributed by atoms with Gasteiger partial charge in [0.1, 0.15) is 11.9 Å². The smallest absolute Gasteiger partial charge is 0.248 e. The van der Waals surface area contributed by atoms with Crippen LogP contribution in [-0.4, -0.2) is 55.8 Å². The van der Waals surface area contributed by atoms with Crippen LogP contribution in [0.1, 0.15) is 12.2 Å². The maximum atomic E-state index is 11.6. The van der Waals surface area contributed by atoms with Gasteiger partial charge in [0.25, 0.3) is 0 Å². The van der Waals surface area contributed by atoms with Crippen LogP contribution in [0.3, 0.4) is 0 Å². The van der Waals surface area contributed by atoms with Crippen LogP contribution in [0.5, 0.6) is 0 Å². The van der Waals surface area contributed by atoms with Gasteiger partial charge in [0.2, 0.25) is 5.91 Å². The van der Waals surface area contributed by atoms with Crippen LogP contribution in [0, 0.1) is 0 Å². The molecule has 0 saturated carbocycles. The molecule has 0 aliphatic rings. The monoisotopic (exact) mass is 321 g/mol. The highest BCUT2D eigenvalue weighted by atomic mass is 32.2. The molecule has 2 aromatic heterocycles. The van der Waals surface area contributed by atoms with Crippen LogP contribution < -0.4 is 5.32 Å². The average Bonchev–Trinajstić information content (AvgIpc) is 3.02. The SMILES string of the molecule is CSCC[C@H](O)C(=O)NCCc1nc(-c2cccnc2)n[nH]1. The van der Waals surface area contributed by atoms with E-state index in [0.717, 1.165) is 11.3 Å². The molecule has 0 aliphatic heterocycles. The Bertz CT molecular complexity index is 590. The molecule has 0 unspecified atom stereocenters. The number of thioether (sulfide) groups is 1. The molecule has 0 saturated heterocycles. The first-order valence-electron chi connectivity index (χ1n) is 6.97. The minimum atomic E-state index is -0.951. The van der Waals surface area contributed by atoms with Crippen LogP contribution in [0.15, 0.2) is 24.5 Å². The van der Waals surface area contributed by atoms with Gasteiger partial charge >= 0.3 is 0 Å². The van der Waals surface area contributed by atoms with E-state index < -0.39 is 6.10 Å². The number of carbonyl (C=O) groups excluding carboxylic acids is 1. The first-order chi connectivity index (χ1) is 10.7. The van der Waals surface area contributed by atoms with E-state index in [1.807, 2.05) is 18.4 Å². The first-order valence-corrected chi connectivity index (χ1v) is 8.36. The predicted octanol–water partition coefficient (Wildman–Crippen LogP) is 0.639. The van der Waals surface area contributed by atoms with Crippen molar-refractivity contribution in [3.8, 4) is 11.4 Å². The summed E-state index contributed by atoms with van der Waals surface area (Å²) in [6.45, 7) is 0.400. The maximum Gasteiger partial charge on any atom is 0.248 e. The van der Waals surface area contributed by atoms with E-state index in [4.69, 9.17) is 0 Å². The van der Waals surface area contributed by atoms with E-state index in [-0.39, 0.29) is 5.91 Å². The van der Waals surface area contributed by atoms with Crippen molar-refractivity contribution in [3.63, 3.8) is 0 Å². The summed E-state index contributed by atoms with van der Waals surface area (Å²) in [7, 11) is 0. The van der Waals surface area contributed by atoms with Gasteiger partial charge in [-0.1, -0.05) is 0 Å². The number of pyridine rings is 1. The Morgan fingerprint density at radius 1 is 1.55 bits per heavy atom. The molecular weight excluding hydrogens is 302 g/mol. The average molecular weight is 321 g/mol. The number of carbonyl (C=O) groups is 1. The number of aromatic amines is 1. The van der Waals surface area contributed by atoms with Crippen molar-refractivity contribution in [2.75, 3.05) is 18.6 Å². The number of nitrogens with one attached hydrogen (secondary N) is 2. The highest BCUT2D eigenvalue weighted by molar-refractivity contribution is 7.98. The van der Waals surface area contributed by atoms with Gasteiger partial charge in [-0.25, -0.2) is 4.98 Å². The molecule has 1 atom stereocenters. The summed E-state index contributed by atoms with van der Waals surface area (Å²) in [5, 5.41) is 19.3. The van der Waals surface area contributed by atoms with Crippen LogP contribution in [0.4, 0.5) is 0 Å². The zero-order chi connectivity index (χ0) is 15.8. The van der Waals surface area contributed by atoms with E-state index in [0.29, 0.717) is 31.0 Å². The molecule has 7 nitrogen and oxygen atoms in total. The lowest BCUT2D eigenvalue weighted by atomic mass is 10.2. The Morgan fingerprint density at radius 2 is 2.41 bits per heavy atom. The van der Waals surface area contributed by atoms with E-state index >= 15 is 0 Å². The Hall–Kier alpha value is -1.93. The van der Waals surface area contributed by atoms with Crippen LogP contribution in [-0.2, 0) is 11.2 Å². The lowest BCUT2D eigenvalue weighted by Crippen LogP contribution is -2.36. The lowest BCUT2D eigenvalue weighted by Gasteiger charge is -2.09. The summed E-state index contributed by atoms with van der Waals surface area (Å²) < 4.78 is 0. The fraction of sp³-hybridized carbons (Fsp3) is 0.429. The van der Waals surface area contributed by atoms with Crippen molar-refractivity contribution >= 4 is 17.7 Å². The van der Waals surface area contributed by atoms with E-state index in [2.05, 4.69) is 25.5 Å². The molecule has 1 amide bonds. The number of aliphatic hydroxyl groups excluding tert-OH is 1. The molecule has 0 bridgehead atoms. The fourth-order valence-electron chi connectivity index (χ4n) is 1.81. The highest BCUT2D eigenvalue weighted by Crippen LogP contribution is 2.11. The van der Waals surface area contributed by atoms with Crippen LogP contribution in [0.25, 0.3) is 11.4 Å². The number of H-pyrrole nitrogens is 1. The summed E-state index contributed by atoms with van der Waals surface area (Å²) >= 11 is 1.60. The number of nitrogens with zero attached hydrogens (tertiary/aromatic N) is 3.